The summed E-state index contributed by atoms with van der Waals surface area (Å²) in [6.45, 7) is 5.58. The maximum absolute atomic E-state index is 12.5. The average molecular weight is 436 g/mol. The van der Waals surface area contributed by atoms with Crippen molar-refractivity contribution in [1.29, 1.82) is 0 Å². The van der Waals surface area contributed by atoms with Crippen molar-refractivity contribution >= 4 is 23.5 Å². The van der Waals surface area contributed by atoms with E-state index in [1.165, 1.54) is 0 Å². The van der Waals surface area contributed by atoms with Crippen molar-refractivity contribution in [2.45, 2.75) is 24.4 Å². The standard InChI is InChI=1S/C23H25N5O2S/c1-17-12-21(28-8-10-30-11-9-28)27-23(26-17)31-16-18-4-2-6-20(13-18)22(29)25-15-19-5-3-7-24-14-19/h2-7,12-14H,8-11,15-16H2,1H3,(H,25,29). The lowest BCUT2D eigenvalue weighted by molar-refractivity contribution is 0.0950. The number of nitrogens with zero attached hydrogens (tertiary/aromatic N) is 4. The number of carbonyl (C=O) groups excluding carboxylic acids is 1. The second-order valence-electron chi connectivity index (χ2n) is 7.28. The molecule has 0 spiro atoms. The Labute approximate surface area is 186 Å². The Kier molecular flexibility index (Phi) is 7.11. The van der Waals surface area contributed by atoms with Crippen molar-refractivity contribution in [3.05, 3.63) is 77.2 Å². The average Bonchev–Trinajstić information content (AvgIpc) is 2.82. The van der Waals surface area contributed by atoms with E-state index in [0.717, 1.165) is 54.1 Å². The lowest BCUT2D eigenvalue weighted by Crippen LogP contribution is -2.36. The molecule has 7 nitrogen and oxygen atoms in total. The van der Waals surface area contributed by atoms with Crippen LogP contribution in [0, 0.1) is 6.92 Å². The van der Waals surface area contributed by atoms with E-state index in [0.29, 0.717) is 17.9 Å². The quantitative estimate of drug-likeness (QED) is 0.451. The fourth-order valence-corrected chi connectivity index (χ4v) is 4.12. The number of nitrogens with one attached hydrogen (secondary N) is 1. The Morgan fingerprint density at radius 2 is 1.97 bits per heavy atom. The zero-order chi connectivity index (χ0) is 21.5. The molecule has 0 atom stereocenters. The summed E-state index contributed by atoms with van der Waals surface area (Å²) in [6.07, 6.45) is 3.47. The molecular weight excluding hydrogens is 410 g/mol. The van der Waals surface area contributed by atoms with Crippen molar-refractivity contribution < 1.29 is 9.53 Å². The number of aromatic nitrogens is 3. The summed E-state index contributed by atoms with van der Waals surface area (Å²) in [5, 5.41) is 3.68. The SMILES string of the molecule is Cc1cc(N2CCOCC2)nc(SCc2cccc(C(=O)NCc3cccnc3)c2)n1. The summed E-state index contributed by atoms with van der Waals surface area (Å²) >= 11 is 1.58. The van der Waals surface area contributed by atoms with E-state index in [9.17, 15) is 4.79 Å². The lowest BCUT2D eigenvalue weighted by Gasteiger charge is -2.28. The summed E-state index contributed by atoms with van der Waals surface area (Å²) < 4.78 is 5.43. The first-order chi connectivity index (χ1) is 15.2. The van der Waals surface area contributed by atoms with Gasteiger partial charge in [0.15, 0.2) is 5.16 Å². The summed E-state index contributed by atoms with van der Waals surface area (Å²) in [4.78, 5) is 28.1. The van der Waals surface area contributed by atoms with Crippen molar-refractivity contribution in [3.8, 4) is 0 Å². The molecule has 1 amide bonds. The molecule has 1 aliphatic heterocycles. The van der Waals surface area contributed by atoms with Gasteiger partial charge in [0.05, 0.1) is 13.2 Å². The molecule has 31 heavy (non-hydrogen) atoms. The normalized spacial score (nSPS) is 13.8. The molecule has 1 saturated heterocycles. The number of carbonyl (C=O) groups is 1. The molecule has 1 N–H and O–H groups in total. The van der Waals surface area contributed by atoms with E-state index in [-0.39, 0.29) is 5.91 Å². The summed E-state index contributed by atoms with van der Waals surface area (Å²) in [6, 6.07) is 13.5. The predicted octanol–water partition coefficient (Wildman–Crippen LogP) is 3.24. The highest BCUT2D eigenvalue weighted by molar-refractivity contribution is 7.98. The molecule has 0 aliphatic carbocycles. The van der Waals surface area contributed by atoms with Gasteiger partial charge in [0.2, 0.25) is 0 Å². The van der Waals surface area contributed by atoms with Crippen LogP contribution in [-0.4, -0.2) is 47.2 Å². The van der Waals surface area contributed by atoms with Crippen LogP contribution in [0.25, 0.3) is 0 Å². The molecule has 8 heteroatoms. The topological polar surface area (TPSA) is 80.2 Å². The fraction of sp³-hybridized carbons (Fsp3) is 0.304. The van der Waals surface area contributed by atoms with Crippen LogP contribution in [0.15, 0.2) is 60.0 Å². The zero-order valence-electron chi connectivity index (χ0n) is 17.5. The number of amides is 1. The molecule has 1 fully saturated rings. The van der Waals surface area contributed by atoms with Crippen LogP contribution in [-0.2, 0) is 17.0 Å². The van der Waals surface area contributed by atoms with Gasteiger partial charge in [-0.1, -0.05) is 30.0 Å². The maximum Gasteiger partial charge on any atom is 0.251 e. The van der Waals surface area contributed by atoms with Crippen LogP contribution < -0.4 is 10.2 Å². The number of morpholine rings is 1. The summed E-state index contributed by atoms with van der Waals surface area (Å²) in [5.41, 5.74) is 3.61. The van der Waals surface area contributed by atoms with Gasteiger partial charge in [0, 0.05) is 55.1 Å². The monoisotopic (exact) mass is 435 g/mol. The number of hydrogen-bond acceptors (Lipinski definition) is 7. The number of thioether (sulfide) groups is 1. The Morgan fingerprint density at radius 3 is 2.77 bits per heavy atom. The van der Waals surface area contributed by atoms with Crippen LogP contribution in [0.4, 0.5) is 5.82 Å². The molecular formula is C23H25N5O2S. The number of pyridine rings is 1. The number of ether oxygens (including phenoxy) is 1. The molecule has 0 unspecified atom stereocenters. The number of hydrogen-bond donors (Lipinski definition) is 1. The van der Waals surface area contributed by atoms with Crippen molar-refractivity contribution in [3.63, 3.8) is 0 Å². The van der Waals surface area contributed by atoms with Gasteiger partial charge in [0.1, 0.15) is 5.82 Å². The maximum atomic E-state index is 12.5. The highest BCUT2D eigenvalue weighted by atomic mass is 32.2. The largest absolute Gasteiger partial charge is 0.378 e. The van der Waals surface area contributed by atoms with E-state index in [1.807, 2.05) is 49.4 Å². The van der Waals surface area contributed by atoms with Gasteiger partial charge in [-0.3, -0.25) is 9.78 Å². The highest BCUT2D eigenvalue weighted by Gasteiger charge is 2.14. The number of rotatable bonds is 7. The van der Waals surface area contributed by atoms with Gasteiger partial charge in [-0.05, 0) is 36.2 Å². The minimum atomic E-state index is -0.0999. The number of anilines is 1. The van der Waals surface area contributed by atoms with Gasteiger partial charge in [-0.2, -0.15) is 0 Å². The first kappa shape index (κ1) is 21.3. The molecule has 4 rings (SSSR count). The number of benzene rings is 1. The molecule has 1 aliphatic rings. The van der Waals surface area contributed by atoms with Crippen LogP contribution in [0.3, 0.4) is 0 Å². The third-order valence-corrected chi connectivity index (χ3v) is 5.81. The molecule has 0 saturated carbocycles. The van der Waals surface area contributed by atoms with Gasteiger partial charge in [-0.25, -0.2) is 9.97 Å². The summed E-state index contributed by atoms with van der Waals surface area (Å²) in [7, 11) is 0. The second-order valence-corrected chi connectivity index (χ2v) is 8.23. The minimum absolute atomic E-state index is 0.0999. The van der Waals surface area contributed by atoms with E-state index in [4.69, 9.17) is 9.72 Å². The molecule has 3 aromatic rings. The predicted molar refractivity (Wildman–Crippen MR) is 121 cm³/mol. The van der Waals surface area contributed by atoms with Crippen LogP contribution in [0.2, 0.25) is 0 Å². The van der Waals surface area contributed by atoms with Crippen LogP contribution in [0.5, 0.6) is 0 Å². The Hall–Kier alpha value is -2.97. The molecule has 1 aromatic carbocycles. The van der Waals surface area contributed by atoms with E-state index >= 15 is 0 Å². The Balaban J connectivity index is 1.38. The smallest absolute Gasteiger partial charge is 0.251 e. The van der Waals surface area contributed by atoms with Crippen LogP contribution in [0.1, 0.15) is 27.2 Å². The highest BCUT2D eigenvalue weighted by Crippen LogP contribution is 2.23. The lowest BCUT2D eigenvalue weighted by atomic mass is 10.1. The van der Waals surface area contributed by atoms with Crippen molar-refractivity contribution in [2.75, 3.05) is 31.2 Å². The minimum Gasteiger partial charge on any atom is -0.378 e. The molecule has 2 aromatic heterocycles. The third kappa shape index (κ3) is 6.02. The van der Waals surface area contributed by atoms with Gasteiger partial charge >= 0.3 is 0 Å². The third-order valence-electron chi connectivity index (χ3n) is 4.89. The van der Waals surface area contributed by atoms with Crippen LogP contribution >= 0.6 is 11.8 Å². The van der Waals surface area contributed by atoms with E-state index in [1.54, 1.807) is 24.2 Å². The second kappa shape index (κ2) is 10.4. The molecule has 0 bridgehead atoms. The van der Waals surface area contributed by atoms with Gasteiger partial charge < -0.3 is 15.0 Å². The van der Waals surface area contributed by atoms with Crippen molar-refractivity contribution in [2.24, 2.45) is 0 Å². The summed E-state index contributed by atoms with van der Waals surface area (Å²) in [5.74, 6) is 1.54. The van der Waals surface area contributed by atoms with Gasteiger partial charge in [0.25, 0.3) is 5.91 Å². The first-order valence-electron chi connectivity index (χ1n) is 10.2. The van der Waals surface area contributed by atoms with Crippen molar-refractivity contribution in [1.82, 2.24) is 20.3 Å². The van der Waals surface area contributed by atoms with Gasteiger partial charge in [-0.15, -0.1) is 0 Å². The van der Waals surface area contributed by atoms with E-state index in [2.05, 4.69) is 20.2 Å². The molecule has 0 radical (unpaired) electrons. The Morgan fingerprint density at radius 1 is 1.13 bits per heavy atom. The first-order valence-corrected chi connectivity index (χ1v) is 11.2. The fourth-order valence-electron chi connectivity index (χ4n) is 3.28. The molecule has 160 valence electrons. The number of aryl methyl sites for hydroxylation is 1. The zero-order valence-corrected chi connectivity index (χ0v) is 18.3. The Bertz CT molecular complexity index is 1030. The molecule has 3 heterocycles. The van der Waals surface area contributed by atoms with E-state index < -0.39 is 0 Å².